The average Bonchev–Trinajstić information content (AvgIpc) is 2.28. The molecular formula is C12H24O2S2. The first-order chi connectivity index (χ1) is 7.56. The maximum Gasteiger partial charge on any atom is 0.0693 e. The summed E-state index contributed by atoms with van der Waals surface area (Å²) in [4.78, 5) is 0. The number of aliphatic hydroxyl groups excluding tert-OH is 1. The Balaban J connectivity index is 2.38. The van der Waals surface area contributed by atoms with Crippen LogP contribution in [0.1, 0.15) is 27.2 Å². The zero-order valence-corrected chi connectivity index (χ0v) is 12.3. The van der Waals surface area contributed by atoms with E-state index in [4.69, 9.17) is 4.74 Å². The van der Waals surface area contributed by atoms with Gasteiger partial charge in [-0.25, -0.2) is 0 Å². The summed E-state index contributed by atoms with van der Waals surface area (Å²) in [6.07, 6.45) is 0.756. The molecule has 0 spiro atoms. The van der Waals surface area contributed by atoms with E-state index in [0.29, 0.717) is 21.7 Å². The number of thioether (sulfide) groups is 2. The van der Waals surface area contributed by atoms with E-state index in [9.17, 15) is 5.11 Å². The Kier molecular flexibility index (Phi) is 6.55. The highest BCUT2D eigenvalue weighted by molar-refractivity contribution is 8.07. The summed E-state index contributed by atoms with van der Waals surface area (Å²) in [6, 6.07) is 0. The van der Waals surface area contributed by atoms with Crippen LogP contribution in [0.25, 0.3) is 0 Å². The fourth-order valence-electron chi connectivity index (χ4n) is 1.83. The van der Waals surface area contributed by atoms with Crippen molar-refractivity contribution in [3.63, 3.8) is 0 Å². The van der Waals surface area contributed by atoms with Gasteiger partial charge in [-0.15, -0.1) is 0 Å². The van der Waals surface area contributed by atoms with Crippen molar-refractivity contribution in [2.75, 3.05) is 19.5 Å². The van der Waals surface area contributed by atoms with E-state index >= 15 is 0 Å². The van der Waals surface area contributed by atoms with E-state index in [0.717, 1.165) is 18.8 Å². The zero-order valence-electron chi connectivity index (χ0n) is 10.7. The van der Waals surface area contributed by atoms with E-state index in [1.165, 1.54) is 0 Å². The van der Waals surface area contributed by atoms with Crippen LogP contribution in [0.15, 0.2) is 0 Å². The van der Waals surface area contributed by atoms with Gasteiger partial charge in [0.1, 0.15) is 0 Å². The molecule has 5 unspecified atom stereocenters. The highest BCUT2D eigenvalue weighted by Crippen LogP contribution is 2.38. The van der Waals surface area contributed by atoms with Gasteiger partial charge in [-0.1, -0.05) is 20.8 Å². The predicted molar refractivity (Wildman–Crippen MR) is 74.4 cm³/mol. The third-order valence-corrected chi connectivity index (χ3v) is 6.82. The lowest BCUT2D eigenvalue weighted by molar-refractivity contribution is 0.0901. The highest BCUT2D eigenvalue weighted by atomic mass is 32.2. The van der Waals surface area contributed by atoms with Crippen molar-refractivity contribution in [1.82, 2.24) is 0 Å². The fraction of sp³-hybridized carbons (Fsp3) is 1.00. The van der Waals surface area contributed by atoms with Crippen molar-refractivity contribution in [3.8, 4) is 0 Å². The van der Waals surface area contributed by atoms with Gasteiger partial charge in [-0.05, 0) is 12.3 Å². The molecule has 96 valence electrons. The minimum Gasteiger partial charge on any atom is -0.392 e. The van der Waals surface area contributed by atoms with Crippen molar-refractivity contribution in [2.24, 2.45) is 5.92 Å². The summed E-state index contributed by atoms with van der Waals surface area (Å²) in [5, 5.41) is 12.0. The standard InChI is InChI=1S/C12H24O2S2/c1-8(5-6-14-4)12(13)11-7-15-9(2)10(3)16-11/h8-13H,5-7H2,1-4H3. The molecule has 1 N–H and O–H groups in total. The van der Waals surface area contributed by atoms with Crippen LogP contribution in [0.5, 0.6) is 0 Å². The number of hydrogen-bond acceptors (Lipinski definition) is 4. The second kappa shape index (κ2) is 7.14. The Morgan fingerprint density at radius 2 is 2.06 bits per heavy atom. The lowest BCUT2D eigenvalue weighted by Crippen LogP contribution is -2.38. The monoisotopic (exact) mass is 264 g/mol. The normalized spacial score (nSPS) is 34.7. The SMILES string of the molecule is COCCC(C)C(O)C1CSC(C)C(C)S1. The quantitative estimate of drug-likeness (QED) is 0.827. The van der Waals surface area contributed by atoms with Crippen molar-refractivity contribution >= 4 is 23.5 Å². The van der Waals surface area contributed by atoms with E-state index in [-0.39, 0.29) is 6.10 Å². The number of aliphatic hydroxyl groups is 1. The molecule has 0 aromatic carbocycles. The molecule has 0 aromatic heterocycles. The van der Waals surface area contributed by atoms with Gasteiger partial charge in [0.05, 0.1) is 6.10 Å². The molecule has 0 radical (unpaired) electrons. The summed E-state index contributed by atoms with van der Waals surface area (Å²) < 4.78 is 5.07. The van der Waals surface area contributed by atoms with Crippen molar-refractivity contribution in [1.29, 1.82) is 0 Å². The van der Waals surface area contributed by atoms with Gasteiger partial charge in [0, 0.05) is 35.2 Å². The van der Waals surface area contributed by atoms with Crippen molar-refractivity contribution in [2.45, 2.75) is 49.0 Å². The van der Waals surface area contributed by atoms with E-state index in [1.807, 2.05) is 23.5 Å². The van der Waals surface area contributed by atoms with Gasteiger partial charge >= 0.3 is 0 Å². The van der Waals surface area contributed by atoms with Gasteiger partial charge in [-0.3, -0.25) is 0 Å². The Labute approximate surface area is 108 Å². The lowest BCUT2D eigenvalue weighted by atomic mass is 9.99. The molecule has 4 heteroatoms. The smallest absolute Gasteiger partial charge is 0.0693 e. The molecule has 1 fully saturated rings. The third-order valence-electron chi connectivity index (χ3n) is 3.32. The molecular weight excluding hydrogens is 240 g/mol. The van der Waals surface area contributed by atoms with Gasteiger partial charge < -0.3 is 9.84 Å². The molecule has 1 rings (SSSR count). The van der Waals surface area contributed by atoms with Gasteiger partial charge in [0.15, 0.2) is 0 Å². The Hall–Kier alpha value is 0.620. The molecule has 0 aromatic rings. The van der Waals surface area contributed by atoms with Crippen LogP contribution in [-0.4, -0.2) is 46.4 Å². The van der Waals surface area contributed by atoms with E-state index in [1.54, 1.807) is 7.11 Å². The third kappa shape index (κ3) is 4.13. The molecule has 1 heterocycles. The maximum atomic E-state index is 10.3. The Morgan fingerprint density at radius 3 is 2.62 bits per heavy atom. The summed E-state index contributed by atoms with van der Waals surface area (Å²) in [5.41, 5.74) is 0. The van der Waals surface area contributed by atoms with E-state index in [2.05, 4.69) is 20.8 Å². The number of methoxy groups -OCH3 is 1. The summed E-state index contributed by atoms with van der Waals surface area (Å²) in [7, 11) is 1.72. The number of rotatable bonds is 5. The fourth-order valence-corrected chi connectivity index (χ4v) is 4.97. The van der Waals surface area contributed by atoms with Crippen molar-refractivity contribution in [3.05, 3.63) is 0 Å². The highest BCUT2D eigenvalue weighted by Gasteiger charge is 2.32. The molecule has 1 aliphatic rings. The summed E-state index contributed by atoms with van der Waals surface area (Å²) >= 11 is 3.94. The largest absolute Gasteiger partial charge is 0.392 e. The Morgan fingerprint density at radius 1 is 1.38 bits per heavy atom. The first-order valence-electron chi connectivity index (χ1n) is 6.00. The maximum absolute atomic E-state index is 10.3. The molecule has 0 amide bonds. The molecule has 0 aliphatic carbocycles. The topological polar surface area (TPSA) is 29.5 Å². The number of hydrogen-bond donors (Lipinski definition) is 1. The van der Waals surface area contributed by atoms with E-state index < -0.39 is 0 Å². The minimum atomic E-state index is -0.192. The van der Waals surface area contributed by atoms with Crippen LogP contribution < -0.4 is 0 Å². The molecule has 0 bridgehead atoms. The summed E-state index contributed by atoms with van der Waals surface area (Å²) in [6.45, 7) is 7.41. The number of ether oxygens (including phenoxy) is 1. The van der Waals surface area contributed by atoms with Gasteiger partial charge in [0.2, 0.25) is 0 Å². The first-order valence-corrected chi connectivity index (χ1v) is 7.99. The lowest BCUT2D eigenvalue weighted by Gasteiger charge is -2.35. The molecule has 16 heavy (non-hydrogen) atoms. The molecule has 5 atom stereocenters. The molecule has 2 nitrogen and oxygen atoms in total. The summed E-state index contributed by atoms with van der Waals surface area (Å²) in [5.74, 6) is 1.41. The second-order valence-electron chi connectivity index (χ2n) is 4.67. The van der Waals surface area contributed by atoms with Crippen LogP contribution in [0.4, 0.5) is 0 Å². The predicted octanol–water partition coefficient (Wildman–Crippen LogP) is 2.65. The van der Waals surface area contributed by atoms with Crippen molar-refractivity contribution < 1.29 is 9.84 Å². The van der Waals surface area contributed by atoms with Crippen LogP contribution in [0.2, 0.25) is 0 Å². The van der Waals surface area contributed by atoms with Crippen LogP contribution >= 0.6 is 23.5 Å². The average molecular weight is 264 g/mol. The van der Waals surface area contributed by atoms with Crippen LogP contribution in [-0.2, 0) is 4.74 Å². The van der Waals surface area contributed by atoms with Crippen LogP contribution in [0, 0.1) is 5.92 Å². The molecule has 0 saturated carbocycles. The molecule has 1 saturated heterocycles. The van der Waals surface area contributed by atoms with Gasteiger partial charge in [-0.2, -0.15) is 23.5 Å². The van der Waals surface area contributed by atoms with Gasteiger partial charge in [0.25, 0.3) is 0 Å². The molecule has 1 aliphatic heterocycles. The minimum absolute atomic E-state index is 0.192. The second-order valence-corrected chi connectivity index (χ2v) is 7.70. The first kappa shape index (κ1) is 14.7. The van der Waals surface area contributed by atoms with Crippen LogP contribution in [0.3, 0.4) is 0 Å². The zero-order chi connectivity index (χ0) is 12.1. The Bertz CT molecular complexity index is 201.